The van der Waals surface area contributed by atoms with Gasteiger partial charge >= 0.3 is 6.09 Å². The lowest BCUT2D eigenvalue weighted by atomic mass is 9.99. The number of carbonyl (C=O) groups is 2. The van der Waals surface area contributed by atoms with Crippen LogP contribution in [0.3, 0.4) is 0 Å². The van der Waals surface area contributed by atoms with Crippen LogP contribution in [0.25, 0.3) is 22.0 Å². The average molecular weight is 550 g/mol. The molecular weight excluding hydrogens is 513 g/mol. The van der Waals surface area contributed by atoms with E-state index in [0.29, 0.717) is 24.1 Å². The van der Waals surface area contributed by atoms with Crippen molar-refractivity contribution in [2.75, 3.05) is 19.7 Å². The number of hydrogen-bond acceptors (Lipinski definition) is 6. The Hall–Kier alpha value is -3.97. The summed E-state index contributed by atoms with van der Waals surface area (Å²) in [5.74, 6) is -1.000. The van der Waals surface area contributed by atoms with E-state index in [1.807, 2.05) is 35.1 Å². The largest absolute Gasteiger partial charge is 0.444 e. The molecular formula is C30H36FN5O4. The molecule has 1 aromatic heterocycles. The number of nitriles is 1. The second-order valence-electron chi connectivity index (χ2n) is 11.3. The topological polar surface area (TPSA) is 109 Å². The second-order valence-corrected chi connectivity index (χ2v) is 11.3. The number of hydrogen-bond donors (Lipinski definition) is 1. The van der Waals surface area contributed by atoms with Crippen LogP contribution < -0.4 is 5.32 Å². The van der Waals surface area contributed by atoms with Crippen LogP contribution in [-0.4, -0.2) is 64.1 Å². The van der Waals surface area contributed by atoms with Gasteiger partial charge in [-0.05, 0) is 69.9 Å². The van der Waals surface area contributed by atoms with E-state index in [2.05, 4.69) is 24.3 Å². The lowest BCUT2D eigenvalue weighted by molar-refractivity contribution is -0.133. The highest BCUT2D eigenvalue weighted by molar-refractivity contribution is 5.85. The molecule has 9 nitrogen and oxygen atoms in total. The first-order valence-electron chi connectivity index (χ1n) is 13.5. The van der Waals surface area contributed by atoms with Gasteiger partial charge in [0.05, 0.1) is 24.3 Å². The van der Waals surface area contributed by atoms with Crippen LogP contribution in [0.4, 0.5) is 9.18 Å². The molecule has 0 aliphatic carbocycles. The first kappa shape index (κ1) is 29.0. The summed E-state index contributed by atoms with van der Waals surface area (Å²) in [4.78, 5) is 27.0. The van der Waals surface area contributed by atoms with E-state index < -0.39 is 35.6 Å². The number of nitrogens with one attached hydrogen (secondary N) is 1. The summed E-state index contributed by atoms with van der Waals surface area (Å²) >= 11 is 0. The minimum absolute atomic E-state index is 0.00199. The van der Waals surface area contributed by atoms with Gasteiger partial charge in [0.15, 0.2) is 6.10 Å². The Balaban J connectivity index is 1.43. The smallest absolute Gasteiger partial charge is 0.410 e. The molecule has 2 atom stereocenters. The van der Waals surface area contributed by atoms with Gasteiger partial charge in [-0.2, -0.15) is 10.4 Å². The molecule has 1 aliphatic heterocycles. The van der Waals surface area contributed by atoms with E-state index in [1.54, 1.807) is 32.9 Å². The maximum atomic E-state index is 15.2. The molecule has 0 saturated carbocycles. The van der Waals surface area contributed by atoms with Gasteiger partial charge in [-0.3, -0.25) is 9.48 Å². The number of nitrogens with zero attached hydrogens (tertiary/aromatic N) is 4. The third-order valence-electron chi connectivity index (χ3n) is 6.59. The molecule has 0 bridgehead atoms. The Morgan fingerprint density at radius 1 is 1.23 bits per heavy atom. The molecule has 40 heavy (non-hydrogen) atoms. The predicted molar refractivity (Wildman–Crippen MR) is 149 cm³/mol. The van der Waals surface area contributed by atoms with Gasteiger partial charge < -0.3 is 19.7 Å². The molecule has 0 spiro atoms. The van der Waals surface area contributed by atoms with Crippen LogP contribution in [0.5, 0.6) is 0 Å². The molecule has 3 aromatic rings. The van der Waals surface area contributed by atoms with Crippen LogP contribution in [0.2, 0.25) is 0 Å². The van der Waals surface area contributed by atoms with Gasteiger partial charge in [0.2, 0.25) is 0 Å². The number of benzene rings is 2. The van der Waals surface area contributed by atoms with Crippen LogP contribution in [0, 0.1) is 17.1 Å². The Kier molecular flexibility index (Phi) is 8.74. The Bertz CT molecular complexity index is 1420. The van der Waals surface area contributed by atoms with Gasteiger partial charge in [-0.25, -0.2) is 9.18 Å². The molecule has 212 valence electrons. The highest BCUT2D eigenvalue weighted by atomic mass is 19.1. The molecule has 1 N–H and O–H groups in total. The zero-order valence-electron chi connectivity index (χ0n) is 23.6. The van der Waals surface area contributed by atoms with Crippen molar-refractivity contribution in [1.29, 1.82) is 5.26 Å². The van der Waals surface area contributed by atoms with Crippen molar-refractivity contribution in [2.24, 2.45) is 0 Å². The van der Waals surface area contributed by atoms with Gasteiger partial charge in [0.25, 0.3) is 5.91 Å². The van der Waals surface area contributed by atoms with Crippen LogP contribution in [0.1, 0.15) is 52.6 Å². The normalized spacial score (nSPS) is 16.9. The summed E-state index contributed by atoms with van der Waals surface area (Å²) in [7, 11) is 0. The number of carbonyl (C=O) groups excluding carboxylic acids is 2. The zero-order chi connectivity index (χ0) is 29.0. The number of aromatic nitrogens is 2. The molecule has 10 heteroatoms. The van der Waals surface area contributed by atoms with Crippen molar-refractivity contribution in [3.8, 4) is 17.2 Å². The summed E-state index contributed by atoms with van der Waals surface area (Å²) < 4.78 is 28.2. The maximum Gasteiger partial charge on any atom is 0.410 e. The number of ether oxygens (including phenoxy) is 2. The fraction of sp³-hybridized carbons (Fsp3) is 0.467. The molecule has 4 rings (SSSR count). The Labute approximate surface area is 233 Å². The minimum atomic E-state index is -0.980. The Morgan fingerprint density at radius 2 is 1.95 bits per heavy atom. The van der Waals surface area contributed by atoms with Crippen LogP contribution in [-0.2, 0) is 20.7 Å². The monoisotopic (exact) mass is 549 g/mol. The highest BCUT2D eigenvalue weighted by Gasteiger charge is 2.31. The molecule has 1 fully saturated rings. The molecule has 1 saturated heterocycles. The highest BCUT2D eigenvalue weighted by Crippen LogP contribution is 2.27. The maximum absolute atomic E-state index is 15.2. The summed E-state index contributed by atoms with van der Waals surface area (Å²) in [6.07, 6.45) is 0.856. The van der Waals surface area contributed by atoms with E-state index in [9.17, 15) is 14.9 Å². The summed E-state index contributed by atoms with van der Waals surface area (Å²) in [6, 6.07) is 12.0. The number of halogens is 1. The van der Waals surface area contributed by atoms with Crippen LogP contribution >= 0.6 is 0 Å². The quantitative estimate of drug-likeness (QED) is 0.464. The van der Waals surface area contributed by atoms with Crippen molar-refractivity contribution in [3.63, 3.8) is 0 Å². The first-order valence-corrected chi connectivity index (χ1v) is 13.5. The van der Waals surface area contributed by atoms with Crippen LogP contribution in [0.15, 0.2) is 42.6 Å². The average Bonchev–Trinajstić information content (AvgIpc) is 3.16. The van der Waals surface area contributed by atoms with Gasteiger partial charge in [-0.1, -0.05) is 24.3 Å². The number of fused-ring (bicyclic) bond motifs is 1. The summed E-state index contributed by atoms with van der Waals surface area (Å²) in [6.45, 7) is 10.1. The summed E-state index contributed by atoms with van der Waals surface area (Å²) in [5.41, 5.74) is 2.16. The van der Waals surface area contributed by atoms with Crippen molar-refractivity contribution in [3.05, 3.63) is 54.0 Å². The molecule has 0 unspecified atom stereocenters. The second kappa shape index (κ2) is 12.0. The Morgan fingerprint density at radius 3 is 2.62 bits per heavy atom. The summed E-state index contributed by atoms with van der Waals surface area (Å²) in [5, 5.41) is 17.8. The third kappa shape index (κ3) is 6.96. The van der Waals surface area contributed by atoms with Gasteiger partial charge in [0.1, 0.15) is 17.5 Å². The van der Waals surface area contributed by atoms with Crippen molar-refractivity contribution >= 4 is 22.9 Å². The SMILES string of the molecule is CC(C)n1ncc2ccc(-c3ccc(C[C@@H](C#N)NC(=O)[C@@H]4CN(C(=O)OC(C)(C)C)CCCO4)c(F)c3)cc21. The number of amides is 2. The van der Waals surface area contributed by atoms with Crippen molar-refractivity contribution in [1.82, 2.24) is 20.0 Å². The lowest BCUT2D eigenvalue weighted by Gasteiger charge is -2.27. The van der Waals surface area contributed by atoms with Gasteiger partial charge in [-0.15, -0.1) is 0 Å². The molecule has 2 heterocycles. The van der Waals surface area contributed by atoms with Crippen molar-refractivity contribution < 1.29 is 23.5 Å². The third-order valence-corrected chi connectivity index (χ3v) is 6.59. The zero-order valence-corrected chi connectivity index (χ0v) is 23.6. The van der Waals surface area contributed by atoms with E-state index in [4.69, 9.17) is 9.47 Å². The van der Waals surface area contributed by atoms with E-state index >= 15 is 4.39 Å². The standard InChI is InChI=1S/C30H36FN5O4/c1-19(2)36-26-15-21(8-10-23(26)17-33-36)20-7-9-22(25(31)14-20)13-24(16-32)34-28(37)27-18-35(11-6-12-39-27)29(38)40-30(3,4)5/h7-10,14-15,17,19,24,27H,6,11-13,18H2,1-5H3,(H,34,37)/t24-,27-/m0/s1. The van der Waals surface area contributed by atoms with E-state index in [0.717, 1.165) is 16.5 Å². The molecule has 2 amide bonds. The minimum Gasteiger partial charge on any atom is -0.444 e. The lowest BCUT2D eigenvalue weighted by Crippen LogP contribution is -2.48. The van der Waals surface area contributed by atoms with E-state index in [-0.39, 0.29) is 25.6 Å². The molecule has 2 aromatic carbocycles. The predicted octanol–water partition coefficient (Wildman–Crippen LogP) is 5.00. The molecule has 0 radical (unpaired) electrons. The molecule has 1 aliphatic rings. The van der Waals surface area contributed by atoms with E-state index in [1.165, 1.54) is 11.0 Å². The van der Waals surface area contributed by atoms with Gasteiger partial charge in [0, 0.05) is 31.0 Å². The van der Waals surface area contributed by atoms with Crippen molar-refractivity contribution in [2.45, 2.75) is 71.2 Å². The fourth-order valence-electron chi connectivity index (χ4n) is 4.61. The fourth-order valence-corrected chi connectivity index (χ4v) is 4.61. The first-order chi connectivity index (χ1) is 18.9. The number of rotatable bonds is 6.